The number of fused-ring (bicyclic) bond motifs is 1. The van der Waals surface area contributed by atoms with E-state index in [2.05, 4.69) is 20.0 Å². The molecule has 0 bridgehead atoms. The molecule has 2 heterocycles. The standard InChI is InChI=1S/C25H28FN7O3/c1-15-13-35-10-9-33(15)16(2)30-25(31-23(27)17-5-7-20-21(12-17)29-14-28-20)36-22-8-6-18(11-19(22)26)24(34)32(3)4/h5-8,11-12,14-15,27H,9-10,13H2,1-4H3,(H,28,29)/t15-/m0/s1. The molecular formula is C25H28FN7O3. The summed E-state index contributed by atoms with van der Waals surface area (Å²) in [5.41, 5.74) is 2.21. The lowest BCUT2D eigenvalue weighted by Gasteiger charge is -2.34. The fourth-order valence-electron chi connectivity index (χ4n) is 3.80. The van der Waals surface area contributed by atoms with Crippen LogP contribution in [0, 0.1) is 11.2 Å². The zero-order valence-corrected chi connectivity index (χ0v) is 20.6. The van der Waals surface area contributed by atoms with E-state index in [1.165, 1.54) is 17.0 Å². The number of amidine groups is 3. The second-order valence-electron chi connectivity index (χ2n) is 8.60. The molecule has 2 aromatic carbocycles. The summed E-state index contributed by atoms with van der Waals surface area (Å²) in [5, 5.41) is 8.53. The molecule has 0 aliphatic carbocycles. The molecule has 0 unspecified atom stereocenters. The number of halogens is 1. The number of ether oxygens (including phenoxy) is 2. The Morgan fingerprint density at radius 2 is 2.03 bits per heavy atom. The Bertz CT molecular complexity index is 1350. The van der Waals surface area contributed by atoms with Crippen molar-refractivity contribution in [3.05, 3.63) is 59.7 Å². The first-order chi connectivity index (χ1) is 17.2. The van der Waals surface area contributed by atoms with Crippen molar-refractivity contribution in [3.8, 4) is 5.75 Å². The molecule has 3 aromatic rings. The van der Waals surface area contributed by atoms with Crippen LogP contribution >= 0.6 is 0 Å². The van der Waals surface area contributed by atoms with Crippen LogP contribution in [0.3, 0.4) is 0 Å². The quantitative estimate of drug-likeness (QED) is 0.429. The third-order valence-corrected chi connectivity index (χ3v) is 5.73. The zero-order chi connectivity index (χ0) is 25.8. The van der Waals surface area contributed by atoms with Crippen LogP contribution in [0.25, 0.3) is 11.0 Å². The molecule has 36 heavy (non-hydrogen) atoms. The Labute approximate surface area is 208 Å². The van der Waals surface area contributed by atoms with Gasteiger partial charge in [0.25, 0.3) is 5.91 Å². The average molecular weight is 494 g/mol. The van der Waals surface area contributed by atoms with Crippen molar-refractivity contribution >= 4 is 34.6 Å². The number of nitrogens with zero attached hydrogens (tertiary/aromatic N) is 5. The molecule has 0 spiro atoms. The summed E-state index contributed by atoms with van der Waals surface area (Å²) >= 11 is 0. The van der Waals surface area contributed by atoms with E-state index in [4.69, 9.17) is 14.9 Å². The Kier molecular flexibility index (Phi) is 7.39. The van der Waals surface area contributed by atoms with E-state index in [0.29, 0.717) is 31.2 Å². The monoisotopic (exact) mass is 493 g/mol. The van der Waals surface area contributed by atoms with Crippen molar-refractivity contribution in [2.24, 2.45) is 9.98 Å². The highest BCUT2D eigenvalue weighted by molar-refractivity contribution is 6.07. The van der Waals surface area contributed by atoms with Crippen molar-refractivity contribution in [1.29, 1.82) is 5.41 Å². The van der Waals surface area contributed by atoms with Gasteiger partial charge in [0.15, 0.2) is 17.4 Å². The van der Waals surface area contributed by atoms with Crippen LogP contribution in [0.15, 0.2) is 52.7 Å². The van der Waals surface area contributed by atoms with Gasteiger partial charge in [-0.25, -0.2) is 9.37 Å². The number of imidazole rings is 1. The Morgan fingerprint density at radius 1 is 1.25 bits per heavy atom. The summed E-state index contributed by atoms with van der Waals surface area (Å²) in [6.07, 6.45) is 1.57. The van der Waals surface area contributed by atoms with E-state index in [9.17, 15) is 9.18 Å². The topological polar surface area (TPSA) is 119 Å². The second kappa shape index (κ2) is 10.6. The highest BCUT2D eigenvalue weighted by atomic mass is 19.1. The summed E-state index contributed by atoms with van der Waals surface area (Å²) in [4.78, 5) is 31.5. The second-order valence-corrected chi connectivity index (χ2v) is 8.60. The van der Waals surface area contributed by atoms with Crippen LogP contribution < -0.4 is 4.74 Å². The Hall–Kier alpha value is -4.12. The lowest BCUT2D eigenvalue weighted by molar-refractivity contribution is 0.0330. The normalized spacial score (nSPS) is 16.8. The Balaban J connectivity index is 1.67. The van der Waals surface area contributed by atoms with Crippen LogP contribution in [-0.4, -0.2) is 83.3 Å². The largest absolute Gasteiger partial charge is 0.421 e. The van der Waals surface area contributed by atoms with E-state index in [-0.39, 0.29) is 35.1 Å². The summed E-state index contributed by atoms with van der Waals surface area (Å²) in [7, 11) is 3.18. The van der Waals surface area contributed by atoms with E-state index >= 15 is 0 Å². The molecule has 10 nitrogen and oxygen atoms in total. The molecule has 1 fully saturated rings. The number of hydrogen-bond donors (Lipinski definition) is 2. The number of amides is 1. The summed E-state index contributed by atoms with van der Waals surface area (Å²) in [5.74, 6) is -0.754. The minimum Gasteiger partial charge on any atom is -0.421 e. The lowest BCUT2D eigenvalue weighted by Crippen LogP contribution is -2.46. The molecule has 1 atom stereocenters. The maximum absolute atomic E-state index is 14.9. The molecule has 1 aromatic heterocycles. The molecule has 4 rings (SSSR count). The van der Waals surface area contributed by atoms with Gasteiger partial charge >= 0.3 is 6.02 Å². The fourth-order valence-corrected chi connectivity index (χ4v) is 3.80. The number of H-pyrrole nitrogens is 1. The van der Waals surface area contributed by atoms with Gasteiger partial charge in [0.2, 0.25) is 0 Å². The fraction of sp³-hybridized carbons (Fsp3) is 0.320. The molecule has 1 aliphatic heterocycles. The number of carbonyl (C=O) groups excluding carboxylic acids is 1. The van der Waals surface area contributed by atoms with Crippen molar-refractivity contribution in [2.75, 3.05) is 33.9 Å². The SMILES string of the molecule is CC(=NC(=NC(=N)c1ccc2nc[nH]c2c1)Oc1ccc(C(=O)N(C)C)cc1F)N1CCOC[C@@H]1C. The zero-order valence-electron chi connectivity index (χ0n) is 20.6. The molecule has 1 amide bonds. The third-order valence-electron chi connectivity index (χ3n) is 5.73. The molecule has 11 heteroatoms. The smallest absolute Gasteiger partial charge is 0.325 e. The number of nitrogens with one attached hydrogen (secondary N) is 2. The van der Waals surface area contributed by atoms with E-state index < -0.39 is 5.82 Å². The average Bonchev–Trinajstić information content (AvgIpc) is 3.33. The van der Waals surface area contributed by atoms with Crippen molar-refractivity contribution in [1.82, 2.24) is 19.8 Å². The lowest BCUT2D eigenvalue weighted by atomic mass is 10.2. The predicted molar refractivity (Wildman–Crippen MR) is 135 cm³/mol. The number of rotatable bonds is 3. The van der Waals surface area contributed by atoms with E-state index in [1.54, 1.807) is 45.5 Å². The first-order valence-corrected chi connectivity index (χ1v) is 11.4. The van der Waals surface area contributed by atoms with Crippen LogP contribution in [-0.2, 0) is 4.74 Å². The van der Waals surface area contributed by atoms with Crippen LogP contribution in [0.5, 0.6) is 5.75 Å². The summed E-state index contributed by atoms with van der Waals surface area (Å²) < 4.78 is 26.1. The van der Waals surface area contributed by atoms with Crippen LogP contribution in [0.2, 0.25) is 0 Å². The molecular weight excluding hydrogens is 465 g/mol. The summed E-state index contributed by atoms with van der Waals surface area (Å²) in [6.45, 7) is 5.55. The Morgan fingerprint density at radius 3 is 2.75 bits per heavy atom. The van der Waals surface area contributed by atoms with Gasteiger partial charge in [-0.2, -0.15) is 9.98 Å². The van der Waals surface area contributed by atoms with Crippen molar-refractivity contribution in [3.63, 3.8) is 0 Å². The van der Waals surface area contributed by atoms with Gasteiger partial charge in [0, 0.05) is 31.8 Å². The molecule has 188 valence electrons. The number of aliphatic imine (C=N–C) groups is 2. The van der Waals surface area contributed by atoms with Crippen molar-refractivity contribution < 1.29 is 18.7 Å². The van der Waals surface area contributed by atoms with E-state index in [1.807, 2.05) is 11.8 Å². The molecule has 2 N–H and O–H groups in total. The highest BCUT2D eigenvalue weighted by Crippen LogP contribution is 2.21. The van der Waals surface area contributed by atoms with Gasteiger partial charge in [-0.15, -0.1) is 0 Å². The third kappa shape index (κ3) is 5.57. The van der Waals surface area contributed by atoms with Crippen molar-refractivity contribution in [2.45, 2.75) is 19.9 Å². The minimum atomic E-state index is -0.742. The maximum Gasteiger partial charge on any atom is 0.325 e. The van der Waals surface area contributed by atoms with E-state index in [0.717, 1.165) is 17.1 Å². The number of hydrogen-bond acceptors (Lipinski definition) is 5. The minimum absolute atomic E-state index is 0.0825. The van der Waals surface area contributed by atoms with Gasteiger partial charge in [0.1, 0.15) is 5.84 Å². The number of benzene rings is 2. The number of aromatic nitrogens is 2. The van der Waals surface area contributed by atoms with Gasteiger partial charge in [-0.05, 0) is 50.2 Å². The van der Waals surface area contributed by atoms with Gasteiger partial charge < -0.3 is 24.3 Å². The molecule has 1 aliphatic rings. The number of morpholine rings is 1. The van der Waals surface area contributed by atoms with Crippen LogP contribution in [0.1, 0.15) is 29.8 Å². The van der Waals surface area contributed by atoms with Gasteiger partial charge in [-0.3, -0.25) is 10.2 Å². The van der Waals surface area contributed by atoms with Gasteiger partial charge in [0.05, 0.1) is 36.6 Å². The predicted octanol–water partition coefficient (Wildman–Crippen LogP) is 3.30. The number of carbonyl (C=O) groups is 1. The summed E-state index contributed by atoms with van der Waals surface area (Å²) in [6, 6.07) is 9.04. The van der Waals surface area contributed by atoms with Gasteiger partial charge in [-0.1, -0.05) is 0 Å². The van der Waals surface area contributed by atoms with Crippen LogP contribution in [0.4, 0.5) is 4.39 Å². The highest BCUT2D eigenvalue weighted by Gasteiger charge is 2.21. The molecule has 0 saturated carbocycles. The molecule has 0 radical (unpaired) electrons. The number of aromatic amines is 1. The first kappa shape index (κ1) is 25.0. The molecule has 1 saturated heterocycles. The first-order valence-electron chi connectivity index (χ1n) is 11.4. The maximum atomic E-state index is 14.9.